The van der Waals surface area contributed by atoms with Gasteiger partial charge in [0.25, 0.3) is 11.5 Å². The predicted molar refractivity (Wildman–Crippen MR) is 81.4 cm³/mol. The van der Waals surface area contributed by atoms with E-state index in [1.54, 1.807) is 4.90 Å². The first-order chi connectivity index (χ1) is 10.2. The van der Waals surface area contributed by atoms with Gasteiger partial charge >= 0.3 is 0 Å². The Kier molecular flexibility index (Phi) is 4.35. The van der Waals surface area contributed by atoms with Crippen molar-refractivity contribution in [3.8, 4) is 0 Å². The summed E-state index contributed by atoms with van der Waals surface area (Å²) in [5.74, 6) is -0.320. The van der Waals surface area contributed by atoms with Crippen molar-refractivity contribution in [2.75, 3.05) is 13.1 Å². The quantitative estimate of drug-likeness (QED) is 0.862. The van der Waals surface area contributed by atoms with E-state index in [0.717, 1.165) is 4.68 Å². The molecule has 1 atom stereocenters. The monoisotopic (exact) mass is 306 g/mol. The van der Waals surface area contributed by atoms with Gasteiger partial charge in [-0.15, -0.1) is 0 Å². The van der Waals surface area contributed by atoms with E-state index in [0.29, 0.717) is 19.5 Å². The zero-order chi connectivity index (χ0) is 16.5. The summed E-state index contributed by atoms with van der Waals surface area (Å²) in [4.78, 5) is 37.2. The maximum Gasteiger partial charge on any atom is 0.272 e. The Morgan fingerprint density at radius 3 is 2.64 bits per heavy atom. The number of carbonyl (C=O) groups excluding carboxylic acids is 2. The first-order valence-corrected chi connectivity index (χ1v) is 7.29. The molecule has 1 aromatic rings. The van der Waals surface area contributed by atoms with Crippen molar-refractivity contribution in [2.45, 2.75) is 33.2 Å². The molecule has 0 aromatic carbocycles. The van der Waals surface area contributed by atoms with Crippen molar-refractivity contribution < 1.29 is 9.59 Å². The molecule has 0 aliphatic carbocycles. The van der Waals surface area contributed by atoms with E-state index in [2.05, 4.69) is 31.2 Å². The van der Waals surface area contributed by atoms with Crippen LogP contribution in [0, 0.1) is 5.41 Å². The Bertz CT molecular complexity index is 645. The molecule has 7 heteroatoms. The number of aromatic nitrogens is 2. The number of amides is 2. The molecule has 1 saturated heterocycles. The van der Waals surface area contributed by atoms with Gasteiger partial charge in [0, 0.05) is 32.6 Å². The second-order valence-corrected chi connectivity index (χ2v) is 6.89. The molecule has 0 spiro atoms. The molecular formula is C15H22N4O3. The van der Waals surface area contributed by atoms with E-state index >= 15 is 0 Å². The molecule has 0 saturated carbocycles. The highest BCUT2D eigenvalue weighted by Crippen LogP contribution is 2.20. The van der Waals surface area contributed by atoms with Crippen LogP contribution >= 0.6 is 0 Å². The number of rotatable bonds is 3. The number of nitrogens with zero attached hydrogens (tertiary/aromatic N) is 3. The summed E-state index contributed by atoms with van der Waals surface area (Å²) in [6.45, 7) is 7.38. The van der Waals surface area contributed by atoms with Crippen molar-refractivity contribution in [3.63, 3.8) is 0 Å². The molecule has 2 rings (SSSR count). The molecule has 2 amide bonds. The Hall–Kier alpha value is -2.18. The SMILES string of the molecule is Cn1nc(C(=O)N[C@H]2CC(=O)N(CC(C)(C)C)C2)ccc1=O. The fourth-order valence-electron chi connectivity index (χ4n) is 2.48. The third-order valence-corrected chi connectivity index (χ3v) is 3.41. The van der Waals surface area contributed by atoms with E-state index in [-0.39, 0.29) is 34.5 Å². The van der Waals surface area contributed by atoms with Crippen LogP contribution in [0.15, 0.2) is 16.9 Å². The van der Waals surface area contributed by atoms with Crippen LogP contribution in [-0.2, 0) is 11.8 Å². The molecule has 1 aliphatic rings. The van der Waals surface area contributed by atoms with Crippen LogP contribution in [0.25, 0.3) is 0 Å². The second kappa shape index (κ2) is 5.90. The summed E-state index contributed by atoms with van der Waals surface area (Å²) in [6, 6.07) is 2.47. The van der Waals surface area contributed by atoms with Gasteiger partial charge in [-0.3, -0.25) is 14.4 Å². The lowest BCUT2D eigenvalue weighted by Gasteiger charge is -2.26. The van der Waals surface area contributed by atoms with Crippen molar-refractivity contribution in [3.05, 3.63) is 28.2 Å². The number of aryl methyl sites for hydroxylation is 1. The lowest BCUT2D eigenvalue weighted by Crippen LogP contribution is -2.39. The van der Waals surface area contributed by atoms with Gasteiger partial charge in [0.2, 0.25) is 5.91 Å². The smallest absolute Gasteiger partial charge is 0.272 e. The molecule has 7 nitrogen and oxygen atoms in total. The lowest BCUT2D eigenvalue weighted by molar-refractivity contribution is -0.128. The maximum atomic E-state index is 12.1. The zero-order valence-corrected chi connectivity index (χ0v) is 13.4. The summed E-state index contributed by atoms with van der Waals surface area (Å²) < 4.78 is 1.11. The van der Waals surface area contributed by atoms with Crippen LogP contribution in [-0.4, -0.2) is 45.6 Å². The highest BCUT2D eigenvalue weighted by molar-refractivity contribution is 5.93. The standard InChI is InChI=1S/C15H22N4O3/c1-15(2,3)9-19-8-10(7-13(19)21)16-14(22)11-5-6-12(20)18(4)17-11/h5-6,10H,7-9H2,1-4H3,(H,16,22)/t10-/m0/s1. The van der Waals surface area contributed by atoms with Gasteiger partial charge in [0.15, 0.2) is 0 Å². The first kappa shape index (κ1) is 16.2. The summed E-state index contributed by atoms with van der Waals surface area (Å²) in [6.07, 6.45) is 0.299. The average Bonchev–Trinajstić information content (AvgIpc) is 2.70. The average molecular weight is 306 g/mol. The minimum atomic E-state index is -0.369. The largest absolute Gasteiger partial charge is 0.346 e. The van der Waals surface area contributed by atoms with Gasteiger partial charge in [-0.25, -0.2) is 4.68 Å². The fourth-order valence-corrected chi connectivity index (χ4v) is 2.48. The Labute approximate surface area is 129 Å². The van der Waals surface area contributed by atoms with Gasteiger partial charge in [0.05, 0.1) is 6.04 Å². The molecule has 22 heavy (non-hydrogen) atoms. The fraction of sp³-hybridized carbons (Fsp3) is 0.600. The van der Waals surface area contributed by atoms with Crippen LogP contribution in [0.1, 0.15) is 37.7 Å². The van der Waals surface area contributed by atoms with Crippen molar-refractivity contribution in [1.29, 1.82) is 0 Å². The van der Waals surface area contributed by atoms with Crippen LogP contribution in [0.4, 0.5) is 0 Å². The molecule has 1 fully saturated rings. The van der Waals surface area contributed by atoms with E-state index in [1.165, 1.54) is 19.2 Å². The molecular weight excluding hydrogens is 284 g/mol. The number of hydrogen-bond acceptors (Lipinski definition) is 4. The molecule has 0 bridgehead atoms. The van der Waals surface area contributed by atoms with Gasteiger partial charge in [-0.2, -0.15) is 5.10 Å². The summed E-state index contributed by atoms with van der Waals surface area (Å²) in [5.41, 5.74) is -0.0823. The maximum absolute atomic E-state index is 12.1. The first-order valence-electron chi connectivity index (χ1n) is 7.29. The number of hydrogen-bond donors (Lipinski definition) is 1. The topological polar surface area (TPSA) is 84.3 Å². The molecule has 0 unspecified atom stereocenters. The zero-order valence-electron chi connectivity index (χ0n) is 13.4. The lowest BCUT2D eigenvalue weighted by atomic mass is 9.96. The van der Waals surface area contributed by atoms with Gasteiger partial charge in [-0.1, -0.05) is 20.8 Å². The Balaban J connectivity index is 1.99. The van der Waals surface area contributed by atoms with E-state index in [1.807, 2.05) is 0 Å². The number of carbonyl (C=O) groups is 2. The van der Waals surface area contributed by atoms with Crippen LogP contribution in [0.5, 0.6) is 0 Å². The molecule has 1 aliphatic heterocycles. The van der Waals surface area contributed by atoms with E-state index in [4.69, 9.17) is 0 Å². The Morgan fingerprint density at radius 1 is 1.36 bits per heavy atom. The van der Waals surface area contributed by atoms with Crippen molar-refractivity contribution in [2.24, 2.45) is 12.5 Å². The highest BCUT2D eigenvalue weighted by atomic mass is 16.2. The molecule has 1 aromatic heterocycles. The minimum Gasteiger partial charge on any atom is -0.346 e. The van der Waals surface area contributed by atoms with E-state index in [9.17, 15) is 14.4 Å². The number of nitrogens with one attached hydrogen (secondary N) is 1. The number of likely N-dealkylation sites (tertiary alicyclic amines) is 1. The molecule has 120 valence electrons. The molecule has 0 radical (unpaired) electrons. The normalized spacial score (nSPS) is 18.6. The van der Waals surface area contributed by atoms with Gasteiger partial charge in [0.1, 0.15) is 5.69 Å². The van der Waals surface area contributed by atoms with Gasteiger partial charge < -0.3 is 10.2 Å². The predicted octanol–water partition coefficient (Wildman–Crippen LogP) is 0.157. The van der Waals surface area contributed by atoms with Crippen molar-refractivity contribution in [1.82, 2.24) is 20.0 Å². The van der Waals surface area contributed by atoms with Crippen molar-refractivity contribution >= 4 is 11.8 Å². The van der Waals surface area contributed by atoms with Crippen LogP contribution in [0.3, 0.4) is 0 Å². The third-order valence-electron chi connectivity index (χ3n) is 3.41. The highest BCUT2D eigenvalue weighted by Gasteiger charge is 2.33. The van der Waals surface area contributed by atoms with E-state index < -0.39 is 0 Å². The second-order valence-electron chi connectivity index (χ2n) is 6.89. The minimum absolute atomic E-state index is 0.0217. The van der Waals surface area contributed by atoms with Crippen LogP contribution in [0.2, 0.25) is 0 Å². The summed E-state index contributed by atoms with van der Waals surface area (Å²) >= 11 is 0. The molecule has 1 N–H and O–H groups in total. The van der Waals surface area contributed by atoms with Gasteiger partial charge in [-0.05, 0) is 11.5 Å². The summed E-state index contributed by atoms with van der Waals surface area (Å²) in [5, 5.41) is 6.71. The Morgan fingerprint density at radius 2 is 2.05 bits per heavy atom. The van der Waals surface area contributed by atoms with Crippen LogP contribution < -0.4 is 10.9 Å². The molecule has 2 heterocycles. The summed E-state index contributed by atoms with van der Waals surface area (Å²) in [7, 11) is 1.49. The third kappa shape index (κ3) is 3.93.